The summed E-state index contributed by atoms with van der Waals surface area (Å²) in [7, 11) is 1.59. The van der Waals surface area contributed by atoms with Gasteiger partial charge in [-0.05, 0) is 42.0 Å². The van der Waals surface area contributed by atoms with Gasteiger partial charge in [0.1, 0.15) is 5.75 Å². The van der Waals surface area contributed by atoms with Crippen molar-refractivity contribution in [1.29, 1.82) is 0 Å². The second-order valence-corrected chi connectivity index (χ2v) is 6.06. The molecule has 7 heteroatoms. The lowest BCUT2D eigenvalue weighted by molar-refractivity contribution is -0.123. The van der Waals surface area contributed by atoms with Crippen LogP contribution in [0.2, 0.25) is 0 Å². The van der Waals surface area contributed by atoms with Gasteiger partial charge in [0.2, 0.25) is 0 Å². The first-order valence-electron chi connectivity index (χ1n) is 8.49. The van der Waals surface area contributed by atoms with Crippen molar-refractivity contribution >= 4 is 23.2 Å². The smallest absolute Gasteiger partial charge is 0.265 e. The summed E-state index contributed by atoms with van der Waals surface area (Å²) in [6, 6.07) is 12.2. The average Bonchev–Trinajstić information content (AvgIpc) is 3.23. The molecule has 0 spiro atoms. The number of amides is 2. The van der Waals surface area contributed by atoms with Crippen LogP contribution in [0.4, 0.5) is 11.4 Å². The summed E-state index contributed by atoms with van der Waals surface area (Å²) in [5, 5.41) is 5.55. The average molecular weight is 367 g/mol. The molecular formula is C20H21N3O4. The van der Waals surface area contributed by atoms with Crippen LogP contribution >= 0.6 is 0 Å². The second-order valence-electron chi connectivity index (χ2n) is 6.06. The topological polar surface area (TPSA) is 103 Å². The molecule has 7 nitrogen and oxygen atoms in total. The van der Waals surface area contributed by atoms with E-state index in [1.165, 1.54) is 6.26 Å². The fourth-order valence-electron chi connectivity index (χ4n) is 2.64. The molecule has 0 bridgehead atoms. The zero-order valence-corrected chi connectivity index (χ0v) is 14.9. The molecule has 27 heavy (non-hydrogen) atoms. The Kier molecular flexibility index (Phi) is 5.61. The van der Waals surface area contributed by atoms with E-state index in [-0.39, 0.29) is 11.8 Å². The Bertz CT molecular complexity index is 871. The minimum absolute atomic E-state index is 0.271. The number of nitrogens with two attached hydrogens (primary N) is 1. The van der Waals surface area contributed by atoms with Crippen molar-refractivity contribution in [3.8, 4) is 5.75 Å². The summed E-state index contributed by atoms with van der Waals surface area (Å²) in [6.45, 7) is 0.351. The highest BCUT2D eigenvalue weighted by Gasteiger charge is 2.22. The number of hydrogen-bond donors (Lipinski definition) is 3. The molecule has 4 N–H and O–H groups in total. The van der Waals surface area contributed by atoms with Gasteiger partial charge >= 0.3 is 0 Å². The molecule has 1 aliphatic rings. The van der Waals surface area contributed by atoms with Crippen LogP contribution in [0, 0.1) is 0 Å². The third-order valence-corrected chi connectivity index (χ3v) is 4.14. The number of anilines is 2. The van der Waals surface area contributed by atoms with Crippen LogP contribution in [0.25, 0.3) is 0 Å². The van der Waals surface area contributed by atoms with Gasteiger partial charge in [0.25, 0.3) is 11.8 Å². The predicted molar refractivity (Wildman–Crippen MR) is 102 cm³/mol. The fourth-order valence-corrected chi connectivity index (χ4v) is 2.64. The van der Waals surface area contributed by atoms with Gasteiger partial charge in [-0.3, -0.25) is 9.59 Å². The molecule has 2 aromatic carbocycles. The van der Waals surface area contributed by atoms with Crippen molar-refractivity contribution in [2.75, 3.05) is 18.2 Å². The van der Waals surface area contributed by atoms with E-state index in [9.17, 15) is 9.59 Å². The lowest BCUT2D eigenvalue weighted by atomic mass is 10.1. The highest BCUT2D eigenvalue weighted by Crippen LogP contribution is 2.22. The number of methoxy groups -OCH3 is 1. The third kappa shape index (κ3) is 4.58. The Balaban J connectivity index is 1.65. The van der Waals surface area contributed by atoms with Crippen LogP contribution in [0.15, 0.2) is 54.8 Å². The Morgan fingerprint density at radius 1 is 1.26 bits per heavy atom. The predicted octanol–water partition coefficient (Wildman–Crippen LogP) is 2.45. The summed E-state index contributed by atoms with van der Waals surface area (Å²) < 4.78 is 10.4. The van der Waals surface area contributed by atoms with Gasteiger partial charge in [-0.15, -0.1) is 0 Å². The number of hydrogen-bond acceptors (Lipinski definition) is 5. The SMILES string of the molecule is COc1cccc(CNC(=O)c2ccc(N)c(NC(=O)C3CC=CO3)c2)c1. The molecule has 0 aromatic heterocycles. The number of ether oxygens (including phenoxy) is 2. The van der Waals surface area contributed by atoms with Gasteiger partial charge in [-0.25, -0.2) is 0 Å². The van der Waals surface area contributed by atoms with Crippen LogP contribution < -0.4 is 21.1 Å². The van der Waals surface area contributed by atoms with Crippen molar-refractivity contribution in [1.82, 2.24) is 5.32 Å². The van der Waals surface area contributed by atoms with E-state index in [1.807, 2.05) is 24.3 Å². The minimum Gasteiger partial charge on any atom is -0.497 e. The molecule has 2 aromatic rings. The van der Waals surface area contributed by atoms with E-state index in [0.717, 1.165) is 11.3 Å². The van der Waals surface area contributed by atoms with E-state index < -0.39 is 6.10 Å². The number of rotatable bonds is 6. The maximum atomic E-state index is 12.4. The largest absolute Gasteiger partial charge is 0.497 e. The van der Waals surface area contributed by atoms with Gasteiger partial charge in [0, 0.05) is 18.5 Å². The van der Waals surface area contributed by atoms with Crippen molar-refractivity contribution in [2.45, 2.75) is 19.1 Å². The molecule has 0 radical (unpaired) electrons. The van der Waals surface area contributed by atoms with E-state index in [2.05, 4.69) is 10.6 Å². The maximum absolute atomic E-state index is 12.4. The third-order valence-electron chi connectivity index (χ3n) is 4.14. The quantitative estimate of drug-likeness (QED) is 0.681. The van der Waals surface area contributed by atoms with Crippen molar-refractivity contribution < 1.29 is 19.1 Å². The molecule has 1 heterocycles. The van der Waals surface area contributed by atoms with Crippen LogP contribution in [0.3, 0.4) is 0 Å². The Labute approximate surface area is 157 Å². The van der Waals surface area contributed by atoms with Gasteiger partial charge in [0.05, 0.1) is 24.7 Å². The maximum Gasteiger partial charge on any atom is 0.265 e. The number of carbonyl (C=O) groups is 2. The highest BCUT2D eigenvalue weighted by atomic mass is 16.5. The van der Waals surface area contributed by atoms with Crippen LogP contribution in [0.1, 0.15) is 22.3 Å². The summed E-state index contributed by atoms with van der Waals surface area (Å²) in [6.07, 6.45) is 3.20. The molecule has 140 valence electrons. The Morgan fingerprint density at radius 2 is 2.11 bits per heavy atom. The molecule has 0 fully saturated rings. The lowest BCUT2D eigenvalue weighted by Crippen LogP contribution is -2.28. The minimum atomic E-state index is -0.574. The zero-order valence-electron chi connectivity index (χ0n) is 14.9. The van der Waals surface area contributed by atoms with Crippen LogP contribution in [0.5, 0.6) is 5.75 Å². The fraction of sp³-hybridized carbons (Fsp3) is 0.200. The Morgan fingerprint density at radius 3 is 2.85 bits per heavy atom. The lowest BCUT2D eigenvalue weighted by Gasteiger charge is -2.14. The van der Waals surface area contributed by atoms with E-state index >= 15 is 0 Å². The Hall–Kier alpha value is -3.48. The zero-order chi connectivity index (χ0) is 19.2. The van der Waals surface area contributed by atoms with Crippen LogP contribution in [-0.4, -0.2) is 25.0 Å². The van der Waals surface area contributed by atoms with E-state index in [0.29, 0.717) is 29.9 Å². The van der Waals surface area contributed by atoms with Crippen molar-refractivity contribution in [3.63, 3.8) is 0 Å². The summed E-state index contributed by atoms with van der Waals surface area (Å²) in [5.74, 6) is 0.149. The van der Waals surface area contributed by atoms with Crippen molar-refractivity contribution in [2.24, 2.45) is 0 Å². The van der Waals surface area contributed by atoms with Crippen LogP contribution in [-0.2, 0) is 16.1 Å². The first kappa shape index (κ1) is 18.3. The van der Waals surface area contributed by atoms with Gasteiger partial charge in [-0.1, -0.05) is 12.1 Å². The molecule has 0 saturated carbocycles. The number of nitrogens with one attached hydrogen (secondary N) is 2. The normalized spacial score (nSPS) is 15.1. The number of nitrogen functional groups attached to an aromatic ring is 1. The molecule has 3 rings (SSSR count). The van der Waals surface area contributed by atoms with Gasteiger partial charge in [0.15, 0.2) is 6.10 Å². The molecule has 1 atom stereocenters. The molecule has 1 aliphatic heterocycles. The van der Waals surface area contributed by atoms with E-state index in [4.69, 9.17) is 15.2 Å². The van der Waals surface area contributed by atoms with Crippen molar-refractivity contribution in [3.05, 3.63) is 65.9 Å². The first-order chi connectivity index (χ1) is 13.1. The van der Waals surface area contributed by atoms with Gasteiger partial charge < -0.3 is 25.8 Å². The molecule has 1 unspecified atom stereocenters. The summed E-state index contributed by atoms with van der Waals surface area (Å²) in [4.78, 5) is 24.6. The monoisotopic (exact) mass is 367 g/mol. The number of benzene rings is 2. The standard InChI is InChI=1S/C20H21N3O4/c1-26-15-5-2-4-13(10-15)12-22-19(24)14-7-8-16(21)17(11-14)23-20(25)18-6-3-9-27-18/h2-5,7-11,18H,6,12,21H2,1H3,(H,22,24)(H,23,25). The molecule has 0 saturated heterocycles. The van der Waals surface area contributed by atoms with Gasteiger partial charge in [-0.2, -0.15) is 0 Å². The summed E-state index contributed by atoms with van der Waals surface area (Å²) >= 11 is 0. The number of carbonyl (C=O) groups excluding carboxylic acids is 2. The molecule has 0 aliphatic carbocycles. The van der Waals surface area contributed by atoms with E-state index in [1.54, 1.807) is 31.4 Å². The first-order valence-corrected chi connectivity index (χ1v) is 8.49. The molecular weight excluding hydrogens is 346 g/mol. The highest BCUT2D eigenvalue weighted by molar-refractivity contribution is 6.00. The summed E-state index contributed by atoms with van der Waals surface area (Å²) in [5.41, 5.74) is 7.98. The molecule has 2 amide bonds. The second kappa shape index (κ2) is 8.27.